The van der Waals surface area contributed by atoms with Gasteiger partial charge in [-0.1, -0.05) is 13.8 Å². The van der Waals surface area contributed by atoms with Crippen molar-refractivity contribution in [3.05, 3.63) is 23.8 Å². The third kappa shape index (κ3) is 5.53. The standard InChI is InChI=1S/C16H27NO4/c1-16(2,7-8-18)11-17-10-14(19)13-9-12(20-3)5-6-15(13)21-4/h5-6,9,14,17-19H,7-8,10-11H2,1-4H3. The number of hydrogen-bond acceptors (Lipinski definition) is 5. The fraction of sp³-hybridized carbons (Fsp3) is 0.625. The van der Waals surface area contributed by atoms with Crippen LogP contribution in [-0.2, 0) is 0 Å². The van der Waals surface area contributed by atoms with Crippen LogP contribution >= 0.6 is 0 Å². The molecule has 1 rings (SSSR count). The molecular formula is C16H27NO4. The molecule has 3 N–H and O–H groups in total. The highest BCUT2D eigenvalue weighted by Crippen LogP contribution is 2.29. The second-order valence-electron chi connectivity index (χ2n) is 5.89. The maximum Gasteiger partial charge on any atom is 0.124 e. The van der Waals surface area contributed by atoms with E-state index in [1.807, 2.05) is 0 Å². The molecule has 0 aromatic heterocycles. The molecule has 0 aliphatic heterocycles. The molecule has 5 heteroatoms. The molecule has 0 spiro atoms. The Morgan fingerprint density at radius 1 is 1.24 bits per heavy atom. The van der Waals surface area contributed by atoms with Crippen molar-refractivity contribution < 1.29 is 19.7 Å². The lowest BCUT2D eigenvalue weighted by molar-refractivity contribution is 0.157. The second-order valence-corrected chi connectivity index (χ2v) is 5.89. The van der Waals surface area contributed by atoms with Crippen LogP contribution in [0.2, 0.25) is 0 Å². The number of methoxy groups -OCH3 is 2. The number of ether oxygens (including phenoxy) is 2. The zero-order valence-electron chi connectivity index (χ0n) is 13.3. The Hall–Kier alpha value is -1.30. The lowest BCUT2D eigenvalue weighted by Gasteiger charge is -2.25. The quantitative estimate of drug-likeness (QED) is 0.647. The minimum absolute atomic E-state index is 0.00701. The number of aliphatic hydroxyl groups is 2. The maximum absolute atomic E-state index is 10.3. The molecule has 0 heterocycles. The van der Waals surface area contributed by atoms with Crippen LogP contribution in [0.5, 0.6) is 11.5 Å². The monoisotopic (exact) mass is 297 g/mol. The molecule has 1 aromatic rings. The van der Waals surface area contributed by atoms with Crippen LogP contribution in [0.25, 0.3) is 0 Å². The predicted octanol–water partition coefficient (Wildman–Crippen LogP) is 1.74. The minimum atomic E-state index is -0.681. The SMILES string of the molecule is COc1ccc(OC)c(C(O)CNCC(C)(C)CCO)c1. The van der Waals surface area contributed by atoms with Crippen molar-refractivity contribution >= 4 is 0 Å². The highest BCUT2D eigenvalue weighted by molar-refractivity contribution is 5.41. The summed E-state index contributed by atoms with van der Waals surface area (Å²) in [6.45, 7) is 5.46. The van der Waals surface area contributed by atoms with E-state index in [0.717, 1.165) is 13.0 Å². The van der Waals surface area contributed by atoms with E-state index in [-0.39, 0.29) is 12.0 Å². The predicted molar refractivity (Wildman–Crippen MR) is 82.9 cm³/mol. The average Bonchev–Trinajstić information content (AvgIpc) is 2.46. The highest BCUT2D eigenvalue weighted by Gasteiger charge is 2.19. The summed E-state index contributed by atoms with van der Waals surface area (Å²) in [4.78, 5) is 0. The first-order valence-corrected chi connectivity index (χ1v) is 7.15. The van der Waals surface area contributed by atoms with Gasteiger partial charge in [0.1, 0.15) is 11.5 Å². The van der Waals surface area contributed by atoms with E-state index < -0.39 is 6.10 Å². The topological polar surface area (TPSA) is 71.0 Å². The Morgan fingerprint density at radius 2 is 1.95 bits per heavy atom. The lowest BCUT2D eigenvalue weighted by atomic mass is 9.89. The van der Waals surface area contributed by atoms with Gasteiger partial charge in [-0.15, -0.1) is 0 Å². The first-order chi connectivity index (χ1) is 9.93. The van der Waals surface area contributed by atoms with E-state index in [1.54, 1.807) is 32.4 Å². The van der Waals surface area contributed by atoms with Gasteiger partial charge in [-0.3, -0.25) is 0 Å². The number of aliphatic hydroxyl groups excluding tert-OH is 2. The largest absolute Gasteiger partial charge is 0.497 e. The molecule has 0 amide bonds. The van der Waals surface area contributed by atoms with Gasteiger partial charge in [-0.05, 0) is 30.0 Å². The van der Waals surface area contributed by atoms with Crippen molar-refractivity contribution in [1.29, 1.82) is 0 Å². The second kappa shape index (κ2) is 8.22. The van der Waals surface area contributed by atoms with Crippen molar-refractivity contribution in [3.8, 4) is 11.5 Å². The van der Waals surface area contributed by atoms with Gasteiger partial charge >= 0.3 is 0 Å². The van der Waals surface area contributed by atoms with Crippen molar-refractivity contribution in [3.63, 3.8) is 0 Å². The minimum Gasteiger partial charge on any atom is -0.497 e. The van der Waals surface area contributed by atoms with Gasteiger partial charge in [0, 0.05) is 25.3 Å². The molecule has 21 heavy (non-hydrogen) atoms. The normalized spacial score (nSPS) is 13.0. The number of rotatable bonds is 9. The molecule has 1 aromatic carbocycles. The van der Waals surface area contributed by atoms with Gasteiger partial charge in [-0.25, -0.2) is 0 Å². The van der Waals surface area contributed by atoms with E-state index in [4.69, 9.17) is 14.6 Å². The number of nitrogens with one attached hydrogen (secondary N) is 1. The summed E-state index contributed by atoms with van der Waals surface area (Å²) in [5.74, 6) is 1.32. The van der Waals surface area contributed by atoms with Gasteiger partial charge in [0.05, 0.1) is 20.3 Å². The van der Waals surface area contributed by atoms with Gasteiger partial charge in [0.25, 0.3) is 0 Å². The van der Waals surface area contributed by atoms with E-state index >= 15 is 0 Å². The smallest absolute Gasteiger partial charge is 0.124 e. The molecule has 0 aliphatic carbocycles. The zero-order chi connectivity index (χ0) is 15.9. The first-order valence-electron chi connectivity index (χ1n) is 7.15. The van der Waals surface area contributed by atoms with E-state index in [0.29, 0.717) is 23.6 Å². The molecule has 0 saturated heterocycles. The van der Waals surface area contributed by atoms with Crippen LogP contribution in [0, 0.1) is 5.41 Å². The fourth-order valence-corrected chi connectivity index (χ4v) is 2.15. The van der Waals surface area contributed by atoms with Crippen molar-refractivity contribution in [2.24, 2.45) is 5.41 Å². The Balaban J connectivity index is 2.64. The Labute approximate surface area is 126 Å². The number of benzene rings is 1. The summed E-state index contributed by atoms with van der Waals surface area (Å²) in [6.07, 6.45) is 0.0402. The summed E-state index contributed by atoms with van der Waals surface area (Å²) in [7, 11) is 3.17. The van der Waals surface area contributed by atoms with Crippen LogP contribution in [-0.4, -0.2) is 44.1 Å². The third-order valence-electron chi connectivity index (χ3n) is 3.53. The lowest BCUT2D eigenvalue weighted by Crippen LogP contribution is -2.33. The maximum atomic E-state index is 10.3. The Morgan fingerprint density at radius 3 is 2.52 bits per heavy atom. The van der Waals surface area contributed by atoms with Crippen molar-refractivity contribution in [2.45, 2.75) is 26.4 Å². The van der Waals surface area contributed by atoms with Crippen molar-refractivity contribution in [1.82, 2.24) is 5.32 Å². The molecule has 1 unspecified atom stereocenters. The molecule has 5 nitrogen and oxygen atoms in total. The van der Waals surface area contributed by atoms with Crippen LogP contribution < -0.4 is 14.8 Å². The van der Waals surface area contributed by atoms with Crippen molar-refractivity contribution in [2.75, 3.05) is 33.9 Å². The average molecular weight is 297 g/mol. The summed E-state index contributed by atoms with van der Waals surface area (Å²) in [5.41, 5.74) is 0.691. The third-order valence-corrected chi connectivity index (χ3v) is 3.53. The molecule has 0 aliphatic rings. The van der Waals surface area contributed by atoms with Gasteiger partial charge in [0.15, 0.2) is 0 Å². The Bertz CT molecular complexity index is 434. The fourth-order valence-electron chi connectivity index (χ4n) is 2.15. The van der Waals surface area contributed by atoms with Crippen LogP contribution in [0.3, 0.4) is 0 Å². The van der Waals surface area contributed by atoms with Gasteiger partial charge in [0.2, 0.25) is 0 Å². The number of hydrogen-bond donors (Lipinski definition) is 3. The molecular weight excluding hydrogens is 270 g/mol. The summed E-state index contributed by atoms with van der Waals surface area (Å²) in [5, 5.41) is 22.6. The van der Waals surface area contributed by atoms with Gasteiger partial charge < -0.3 is 25.0 Å². The van der Waals surface area contributed by atoms with Gasteiger partial charge in [-0.2, -0.15) is 0 Å². The van der Waals surface area contributed by atoms with E-state index in [9.17, 15) is 5.11 Å². The van der Waals surface area contributed by atoms with E-state index in [2.05, 4.69) is 19.2 Å². The Kier molecular flexibility index (Phi) is 6.95. The first kappa shape index (κ1) is 17.8. The summed E-state index contributed by atoms with van der Waals surface area (Å²) >= 11 is 0. The molecule has 0 bridgehead atoms. The highest BCUT2D eigenvalue weighted by atomic mass is 16.5. The van der Waals surface area contributed by atoms with Crippen LogP contribution in [0.4, 0.5) is 0 Å². The van der Waals surface area contributed by atoms with Crippen LogP contribution in [0.15, 0.2) is 18.2 Å². The molecule has 1 atom stereocenters. The van der Waals surface area contributed by atoms with E-state index in [1.165, 1.54) is 0 Å². The zero-order valence-corrected chi connectivity index (χ0v) is 13.3. The summed E-state index contributed by atoms with van der Waals surface area (Å²) < 4.78 is 10.5. The molecule has 0 radical (unpaired) electrons. The van der Waals surface area contributed by atoms with Crippen LogP contribution in [0.1, 0.15) is 31.9 Å². The molecule has 120 valence electrons. The summed E-state index contributed by atoms with van der Waals surface area (Å²) in [6, 6.07) is 5.37. The molecule has 0 fully saturated rings. The molecule has 0 saturated carbocycles.